The van der Waals surface area contributed by atoms with Crippen LogP contribution in [0.1, 0.15) is 44.5 Å². The van der Waals surface area contributed by atoms with Crippen molar-refractivity contribution in [1.29, 1.82) is 0 Å². The van der Waals surface area contributed by atoms with E-state index in [4.69, 9.17) is 24.4 Å². The zero-order valence-electron chi connectivity index (χ0n) is 65.3. The number of hydrogen-bond donors (Lipinski definition) is 0. The average Bonchev–Trinajstić information content (AvgIpc) is 1.54. The minimum atomic E-state index is -0.664. The summed E-state index contributed by atoms with van der Waals surface area (Å²) < 4.78 is 7.03. The van der Waals surface area contributed by atoms with Crippen molar-refractivity contribution in [1.82, 2.24) is 19.9 Å². The molecule has 0 saturated carbocycles. The van der Waals surface area contributed by atoms with E-state index in [9.17, 15) is 0 Å². The molecule has 1 atom stereocenters. The lowest BCUT2D eigenvalue weighted by atomic mass is 9.67. The van der Waals surface area contributed by atoms with Crippen LogP contribution >= 0.6 is 23.5 Å². The highest BCUT2D eigenvalue weighted by Crippen LogP contribution is 2.66. The number of para-hydroxylation sites is 1. The number of furan rings is 1. The smallest absolute Gasteiger partial charge is 0.160 e. The molecule has 2 spiro atoms. The van der Waals surface area contributed by atoms with Gasteiger partial charge < -0.3 is 4.42 Å². The van der Waals surface area contributed by atoms with Crippen LogP contribution in [0, 0.1) is 0 Å². The molecule has 18 aromatic carbocycles. The molecule has 0 fully saturated rings. The van der Waals surface area contributed by atoms with Gasteiger partial charge in [0.1, 0.15) is 11.2 Å². The van der Waals surface area contributed by atoms with Gasteiger partial charge in [-0.2, -0.15) is 0 Å². The predicted octanol–water partition coefficient (Wildman–Crippen LogP) is 29.8. The van der Waals surface area contributed by atoms with Gasteiger partial charge in [-0.3, -0.25) is 0 Å². The maximum atomic E-state index is 7.03. The number of fused-ring (bicyclic) bond motifs is 24. The Labute approximate surface area is 708 Å². The highest BCUT2D eigenvalue weighted by molar-refractivity contribution is 8.00. The number of hydrogen-bond acceptors (Lipinski definition) is 7. The average molecular weight is 1570 g/mol. The maximum absolute atomic E-state index is 7.03. The number of nitrogens with zero attached hydrogens (tertiary/aromatic N) is 4. The summed E-state index contributed by atoms with van der Waals surface area (Å²) in [6.45, 7) is 0. The summed E-state index contributed by atoms with van der Waals surface area (Å²) in [5.74, 6) is 1.35. The molecular weight excluding hydrogens is 1510 g/mol. The first kappa shape index (κ1) is 69.3. The third-order valence-electron chi connectivity index (χ3n) is 25.7. The van der Waals surface area contributed by atoms with Gasteiger partial charge in [0.15, 0.2) is 11.6 Å². The Balaban J connectivity index is 0.578. The van der Waals surface area contributed by atoms with Gasteiger partial charge in [-0.1, -0.05) is 388 Å². The Bertz CT molecular complexity index is 7850. The van der Waals surface area contributed by atoms with E-state index in [1.807, 2.05) is 35.7 Å². The third kappa shape index (κ3) is 10.6. The zero-order chi connectivity index (χ0) is 79.4. The molecule has 1 unspecified atom stereocenters. The first-order valence-corrected chi connectivity index (χ1v) is 42.9. The van der Waals surface area contributed by atoms with Crippen LogP contribution in [0.2, 0.25) is 0 Å². The Morgan fingerprint density at radius 2 is 0.595 bits per heavy atom. The SMILES string of the molecule is c1ccc(-c2nc(-c3ccc(-c4cccc5c4Sc4ccccc4C54c5ccccc5-c5ccccc54)cc3)cc(-c3ccc(-c4cc(-c5cccc6c5-c5ccccc5C65c6ccccc6Sc6c(-c7ccc(-c8cc(-c9ccc%10c(ccc%11ccccc%11%10)c9)nc(-c9ccccc9)n8)cc7)cccc65)cc5c4oc4ccccc45)cc3)n2)cc1. The van der Waals surface area contributed by atoms with Crippen molar-refractivity contribution in [3.8, 4) is 135 Å². The van der Waals surface area contributed by atoms with Crippen molar-refractivity contribution in [2.45, 2.75) is 30.4 Å². The van der Waals surface area contributed by atoms with E-state index in [0.717, 1.165) is 111 Å². The molecule has 2 aliphatic carbocycles. The Morgan fingerprint density at radius 1 is 0.207 bits per heavy atom. The van der Waals surface area contributed by atoms with Gasteiger partial charge in [0.05, 0.1) is 33.6 Å². The summed E-state index contributed by atoms with van der Waals surface area (Å²) in [4.78, 5) is 26.3. The molecule has 0 saturated heterocycles. The number of aromatic nitrogens is 4. The molecule has 21 aromatic rings. The van der Waals surface area contributed by atoms with Crippen molar-refractivity contribution in [2.75, 3.05) is 0 Å². The topological polar surface area (TPSA) is 64.7 Å². The maximum Gasteiger partial charge on any atom is 0.160 e. The van der Waals surface area contributed by atoms with Gasteiger partial charge in [0.25, 0.3) is 0 Å². The monoisotopic (exact) mass is 1570 g/mol. The molecule has 5 heterocycles. The zero-order valence-corrected chi connectivity index (χ0v) is 66.9. The fraction of sp³-hybridized carbons (Fsp3) is 0.0175. The van der Waals surface area contributed by atoms with E-state index < -0.39 is 10.8 Å². The third-order valence-corrected chi connectivity index (χ3v) is 28.1. The van der Waals surface area contributed by atoms with Crippen LogP contribution in [0.25, 0.3) is 178 Å². The minimum absolute atomic E-state index is 0.461. The van der Waals surface area contributed by atoms with Gasteiger partial charge in [0, 0.05) is 69.3 Å². The molecule has 4 aliphatic rings. The van der Waals surface area contributed by atoms with Crippen LogP contribution in [0.3, 0.4) is 0 Å². The Morgan fingerprint density at radius 3 is 1.16 bits per heavy atom. The number of rotatable bonds is 10. The minimum Gasteiger partial charge on any atom is -0.455 e. The summed E-state index contributed by atoms with van der Waals surface area (Å²) in [6.07, 6.45) is 0. The van der Waals surface area contributed by atoms with Gasteiger partial charge in [0.2, 0.25) is 0 Å². The molecule has 5 nitrogen and oxygen atoms in total. The summed E-state index contributed by atoms with van der Waals surface area (Å²) in [7, 11) is 0. The molecule has 7 heteroatoms. The van der Waals surface area contributed by atoms with Gasteiger partial charge in [-0.15, -0.1) is 0 Å². The molecule has 3 aromatic heterocycles. The van der Waals surface area contributed by atoms with Gasteiger partial charge >= 0.3 is 0 Å². The second-order valence-electron chi connectivity index (χ2n) is 32.0. The predicted molar refractivity (Wildman–Crippen MR) is 497 cm³/mol. The highest BCUT2D eigenvalue weighted by Gasteiger charge is 2.53. The van der Waals surface area contributed by atoms with Gasteiger partial charge in [-0.25, -0.2) is 19.9 Å². The molecule has 2 aliphatic heterocycles. The van der Waals surface area contributed by atoms with Crippen LogP contribution in [-0.2, 0) is 10.8 Å². The molecule has 121 heavy (non-hydrogen) atoms. The van der Waals surface area contributed by atoms with E-state index >= 15 is 0 Å². The van der Waals surface area contributed by atoms with E-state index in [1.54, 1.807) is 0 Å². The Kier molecular flexibility index (Phi) is 15.7. The normalized spacial score (nSPS) is 14.1. The molecular formula is C114H68N4OS2. The van der Waals surface area contributed by atoms with Crippen LogP contribution in [0.4, 0.5) is 0 Å². The van der Waals surface area contributed by atoms with Crippen molar-refractivity contribution >= 4 is 67.0 Å². The second-order valence-corrected chi connectivity index (χ2v) is 34.1. The van der Waals surface area contributed by atoms with Crippen molar-refractivity contribution < 1.29 is 4.42 Å². The van der Waals surface area contributed by atoms with Gasteiger partial charge in [-0.05, 0) is 176 Å². The first-order chi connectivity index (χ1) is 59.9. The molecule has 0 radical (unpaired) electrons. The second kappa shape index (κ2) is 27.4. The summed E-state index contributed by atoms with van der Waals surface area (Å²) in [5, 5.41) is 7.00. The Hall–Kier alpha value is -14.9. The standard InChI is InChI=1S/C114H68N4OS2/c1-3-25-76(26-4-1)111-115-100(73-55-48-70(49-56-73)84-35-22-43-98-109(84)120-105-46-19-16-40-95(105)113(98)92-37-13-9-30-86(92)87-31-10-14-38-93(87)113)67-101(116-111)75-59-52-72(53-60-75)90-65-80(66-91-88-32-12-18-45-104(88)119-108(90)91)83-34-21-42-97-107(83)89-33-11-15-39-94(89)114(97)96-41-17-20-47-106(96)121-110-85(36-23-44-99(110)114)71-50-57-74(58-51-71)102-68-103(118-112(117-102)77-27-5-2-6-28-77)79-62-63-82-78(64-79)61-54-69-24-7-8-29-81(69)82/h1-68H. The highest BCUT2D eigenvalue weighted by atomic mass is 32.2. The van der Waals surface area contributed by atoms with Crippen molar-refractivity contribution in [2.24, 2.45) is 0 Å². The molecule has 0 bridgehead atoms. The lowest BCUT2D eigenvalue weighted by Gasteiger charge is -2.40. The fourth-order valence-corrected chi connectivity index (χ4v) is 22.9. The van der Waals surface area contributed by atoms with Crippen molar-refractivity contribution in [3.05, 3.63) is 457 Å². The van der Waals surface area contributed by atoms with Crippen molar-refractivity contribution in [3.63, 3.8) is 0 Å². The quantitative estimate of drug-likeness (QED) is 0.126. The number of benzene rings is 18. The van der Waals surface area contributed by atoms with E-state index in [1.165, 1.54) is 119 Å². The largest absolute Gasteiger partial charge is 0.455 e. The van der Waals surface area contributed by atoms with Crippen LogP contribution in [0.15, 0.2) is 437 Å². The van der Waals surface area contributed by atoms with Crippen LogP contribution in [0.5, 0.6) is 0 Å². The molecule has 25 rings (SSSR count). The van der Waals surface area contributed by atoms with E-state index in [0.29, 0.717) is 11.6 Å². The summed E-state index contributed by atoms with van der Waals surface area (Å²) in [5.41, 5.74) is 34.3. The van der Waals surface area contributed by atoms with E-state index in [-0.39, 0.29) is 0 Å². The molecule has 0 amide bonds. The van der Waals surface area contributed by atoms with E-state index in [2.05, 4.69) is 400 Å². The lowest BCUT2D eigenvalue weighted by Crippen LogP contribution is -2.32. The molecule has 0 N–H and O–H groups in total. The summed E-state index contributed by atoms with van der Waals surface area (Å²) in [6, 6.07) is 151. The lowest BCUT2D eigenvalue weighted by molar-refractivity contribution is 0.670. The van der Waals surface area contributed by atoms with Crippen LogP contribution in [-0.4, -0.2) is 19.9 Å². The molecule has 562 valence electrons. The summed E-state index contributed by atoms with van der Waals surface area (Å²) >= 11 is 3.77. The first-order valence-electron chi connectivity index (χ1n) is 41.3. The van der Waals surface area contributed by atoms with Crippen LogP contribution < -0.4 is 0 Å². The fourth-order valence-electron chi connectivity index (χ4n) is 20.3.